The molecule has 1 heterocycles. The Morgan fingerprint density at radius 1 is 1.08 bits per heavy atom. The topological polar surface area (TPSA) is 60.5 Å². The fraction of sp³-hybridized carbons (Fsp3) is 0.200. The Morgan fingerprint density at radius 2 is 1.85 bits per heavy atom. The predicted octanol–water partition coefficient (Wildman–Crippen LogP) is 4.40. The van der Waals surface area contributed by atoms with Gasteiger partial charge in [0.15, 0.2) is 5.13 Å². The molecular weight excluding hydrogens is 348 g/mol. The van der Waals surface area contributed by atoms with Gasteiger partial charge in [0.05, 0.1) is 19.9 Å². The first-order chi connectivity index (χ1) is 12.7. The molecule has 26 heavy (non-hydrogen) atoms. The quantitative estimate of drug-likeness (QED) is 0.671. The molecule has 0 aliphatic heterocycles. The van der Waals surface area contributed by atoms with Gasteiger partial charge in [0.2, 0.25) is 5.91 Å². The number of hydrogen-bond acceptors (Lipinski definition) is 5. The number of aryl methyl sites for hydroxylation is 1. The number of rotatable bonds is 7. The van der Waals surface area contributed by atoms with Gasteiger partial charge in [0.25, 0.3) is 0 Å². The predicted molar refractivity (Wildman–Crippen MR) is 104 cm³/mol. The molecule has 6 heteroatoms. The Labute approximate surface area is 156 Å². The molecule has 0 radical (unpaired) electrons. The van der Waals surface area contributed by atoms with Crippen molar-refractivity contribution >= 4 is 22.4 Å². The van der Waals surface area contributed by atoms with Crippen LogP contribution in [0.1, 0.15) is 12.0 Å². The molecule has 0 saturated carbocycles. The van der Waals surface area contributed by atoms with E-state index in [-0.39, 0.29) is 5.91 Å². The van der Waals surface area contributed by atoms with Crippen LogP contribution in [0, 0.1) is 0 Å². The molecule has 0 fully saturated rings. The van der Waals surface area contributed by atoms with Crippen molar-refractivity contribution in [3.05, 3.63) is 59.5 Å². The molecule has 5 nitrogen and oxygen atoms in total. The van der Waals surface area contributed by atoms with E-state index in [0.29, 0.717) is 18.0 Å². The average Bonchev–Trinajstić information content (AvgIpc) is 3.15. The molecule has 1 N–H and O–H groups in total. The van der Waals surface area contributed by atoms with Crippen molar-refractivity contribution < 1.29 is 14.3 Å². The van der Waals surface area contributed by atoms with Crippen molar-refractivity contribution in [3.63, 3.8) is 0 Å². The Hall–Kier alpha value is -2.86. The van der Waals surface area contributed by atoms with E-state index in [4.69, 9.17) is 9.47 Å². The fourth-order valence-electron chi connectivity index (χ4n) is 2.49. The number of thiazole rings is 1. The second kappa shape index (κ2) is 8.49. The summed E-state index contributed by atoms with van der Waals surface area (Å²) in [7, 11) is 3.27. The van der Waals surface area contributed by atoms with E-state index in [9.17, 15) is 4.79 Å². The lowest BCUT2D eigenvalue weighted by Gasteiger charge is -2.04. The van der Waals surface area contributed by atoms with E-state index in [1.165, 1.54) is 11.3 Å². The summed E-state index contributed by atoms with van der Waals surface area (Å²) in [5.41, 5.74) is 2.89. The van der Waals surface area contributed by atoms with Crippen molar-refractivity contribution in [2.24, 2.45) is 0 Å². The van der Waals surface area contributed by atoms with Gasteiger partial charge in [-0.15, -0.1) is 11.3 Å². The lowest BCUT2D eigenvalue weighted by Crippen LogP contribution is -2.12. The number of amides is 1. The summed E-state index contributed by atoms with van der Waals surface area (Å²) in [4.78, 5) is 16.7. The molecule has 3 aromatic rings. The van der Waals surface area contributed by atoms with Crippen LogP contribution < -0.4 is 14.8 Å². The van der Waals surface area contributed by atoms with E-state index in [2.05, 4.69) is 10.3 Å². The van der Waals surface area contributed by atoms with Crippen LogP contribution >= 0.6 is 11.3 Å². The van der Waals surface area contributed by atoms with Crippen LogP contribution in [-0.4, -0.2) is 25.1 Å². The summed E-state index contributed by atoms with van der Waals surface area (Å²) in [5, 5.41) is 5.40. The number of nitrogens with zero attached hydrogens (tertiary/aromatic N) is 1. The average molecular weight is 368 g/mol. The highest BCUT2D eigenvalue weighted by atomic mass is 32.1. The van der Waals surface area contributed by atoms with E-state index in [1.54, 1.807) is 14.2 Å². The standard InChI is InChI=1S/C20H20N2O3S/c1-24-16-9-7-15(8-10-16)18-13-26-20(21-18)22-19(23)11-6-14-4-3-5-17(12-14)25-2/h3-5,7-10,12-13H,6,11H2,1-2H3,(H,21,22,23). The molecule has 0 bridgehead atoms. The van der Waals surface area contributed by atoms with Crippen molar-refractivity contribution in [1.29, 1.82) is 0 Å². The minimum absolute atomic E-state index is 0.0524. The summed E-state index contributed by atoms with van der Waals surface area (Å²) in [6.07, 6.45) is 1.05. The highest BCUT2D eigenvalue weighted by molar-refractivity contribution is 7.14. The monoisotopic (exact) mass is 368 g/mol. The Kier molecular flexibility index (Phi) is 5.86. The SMILES string of the molecule is COc1ccc(-c2csc(NC(=O)CCc3cccc(OC)c3)n2)cc1. The van der Waals surface area contributed by atoms with Crippen LogP contribution in [0.2, 0.25) is 0 Å². The highest BCUT2D eigenvalue weighted by Gasteiger charge is 2.09. The number of nitrogens with one attached hydrogen (secondary N) is 1. The first-order valence-electron chi connectivity index (χ1n) is 8.20. The van der Waals surface area contributed by atoms with Crippen LogP contribution in [-0.2, 0) is 11.2 Å². The maximum absolute atomic E-state index is 12.2. The first kappa shape index (κ1) is 17.9. The van der Waals surface area contributed by atoms with Gasteiger partial charge < -0.3 is 14.8 Å². The van der Waals surface area contributed by atoms with Crippen LogP contribution in [0.5, 0.6) is 11.5 Å². The normalized spacial score (nSPS) is 10.4. The number of hydrogen-bond donors (Lipinski definition) is 1. The molecule has 134 valence electrons. The van der Waals surface area contributed by atoms with Gasteiger partial charge in [0, 0.05) is 17.4 Å². The van der Waals surface area contributed by atoms with E-state index in [1.807, 2.05) is 53.9 Å². The Bertz CT molecular complexity index is 875. The van der Waals surface area contributed by atoms with Crippen LogP contribution in [0.4, 0.5) is 5.13 Å². The zero-order valence-corrected chi connectivity index (χ0v) is 15.5. The summed E-state index contributed by atoms with van der Waals surface area (Å²) in [6.45, 7) is 0. The smallest absolute Gasteiger partial charge is 0.226 e. The third-order valence-corrected chi connectivity index (χ3v) is 4.67. The molecule has 0 saturated heterocycles. The molecule has 3 rings (SSSR count). The number of carbonyl (C=O) groups is 1. The van der Waals surface area contributed by atoms with E-state index < -0.39 is 0 Å². The van der Waals surface area contributed by atoms with Gasteiger partial charge in [-0.25, -0.2) is 4.98 Å². The second-order valence-electron chi connectivity index (χ2n) is 5.67. The molecule has 0 aliphatic rings. The van der Waals surface area contributed by atoms with E-state index >= 15 is 0 Å². The number of methoxy groups -OCH3 is 2. The number of aromatic nitrogens is 1. The molecular formula is C20H20N2O3S. The Morgan fingerprint density at radius 3 is 2.58 bits per heavy atom. The minimum atomic E-state index is -0.0524. The van der Waals surface area contributed by atoms with E-state index in [0.717, 1.165) is 28.3 Å². The number of ether oxygens (including phenoxy) is 2. The maximum Gasteiger partial charge on any atom is 0.226 e. The summed E-state index contributed by atoms with van der Waals surface area (Å²) in [6, 6.07) is 15.4. The van der Waals surface area contributed by atoms with Crippen molar-refractivity contribution in [3.8, 4) is 22.8 Å². The molecule has 1 aromatic heterocycles. The van der Waals surface area contributed by atoms with Crippen molar-refractivity contribution in [2.45, 2.75) is 12.8 Å². The zero-order chi connectivity index (χ0) is 18.4. The molecule has 2 aromatic carbocycles. The third-order valence-electron chi connectivity index (χ3n) is 3.91. The lowest BCUT2D eigenvalue weighted by atomic mass is 10.1. The molecule has 0 spiro atoms. The summed E-state index contributed by atoms with van der Waals surface area (Å²) in [5.74, 6) is 1.55. The fourth-order valence-corrected chi connectivity index (χ4v) is 3.23. The number of carbonyl (C=O) groups excluding carboxylic acids is 1. The van der Waals surface area contributed by atoms with Crippen molar-refractivity contribution in [1.82, 2.24) is 4.98 Å². The van der Waals surface area contributed by atoms with Gasteiger partial charge in [-0.3, -0.25) is 4.79 Å². The minimum Gasteiger partial charge on any atom is -0.497 e. The first-order valence-corrected chi connectivity index (χ1v) is 9.08. The van der Waals surface area contributed by atoms with Gasteiger partial charge in [-0.05, 0) is 48.4 Å². The van der Waals surface area contributed by atoms with Gasteiger partial charge in [-0.1, -0.05) is 12.1 Å². The number of benzene rings is 2. The summed E-state index contributed by atoms with van der Waals surface area (Å²) < 4.78 is 10.4. The van der Waals surface area contributed by atoms with Crippen molar-refractivity contribution in [2.75, 3.05) is 19.5 Å². The highest BCUT2D eigenvalue weighted by Crippen LogP contribution is 2.26. The van der Waals surface area contributed by atoms with Crippen LogP contribution in [0.3, 0.4) is 0 Å². The Balaban J connectivity index is 1.56. The van der Waals surface area contributed by atoms with Gasteiger partial charge in [0.1, 0.15) is 11.5 Å². The van der Waals surface area contributed by atoms with Crippen LogP contribution in [0.15, 0.2) is 53.9 Å². The van der Waals surface area contributed by atoms with Gasteiger partial charge >= 0.3 is 0 Å². The van der Waals surface area contributed by atoms with Gasteiger partial charge in [-0.2, -0.15) is 0 Å². The summed E-state index contributed by atoms with van der Waals surface area (Å²) >= 11 is 1.42. The molecule has 1 amide bonds. The third kappa shape index (κ3) is 4.61. The molecule has 0 aliphatic carbocycles. The molecule has 0 unspecified atom stereocenters. The lowest BCUT2D eigenvalue weighted by molar-refractivity contribution is -0.116. The maximum atomic E-state index is 12.2. The number of anilines is 1. The molecule has 0 atom stereocenters. The largest absolute Gasteiger partial charge is 0.497 e. The second-order valence-corrected chi connectivity index (χ2v) is 6.52. The van der Waals surface area contributed by atoms with Crippen LogP contribution in [0.25, 0.3) is 11.3 Å². The zero-order valence-electron chi connectivity index (χ0n) is 14.7.